The standard InChI is InChI=1S/C14H14BrN5O3S/c1-7-5-10(18-17-7)13(22)19-20-14(24)16-12(21)8-3-4-11(23-2)9(15)6-8/h3-6H,1-2H3,(H,17,18)(H,19,22)(H2,16,20,21,24). The second-order valence-corrected chi connectivity index (χ2v) is 5.91. The number of halogens is 1. The van der Waals surface area contributed by atoms with E-state index >= 15 is 0 Å². The van der Waals surface area contributed by atoms with E-state index in [-0.39, 0.29) is 10.8 Å². The summed E-state index contributed by atoms with van der Waals surface area (Å²) in [7, 11) is 1.53. The van der Waals surface area contributed by atoms with Crippen LogP contribution in [0.1, 0.15) is 26.5 Å². The van der Waals surface area contributed by atoms with Gasteiger partial charge in [0.25, 0.3) is 11.8 Å². The second kappa shape index (κ2) is 7.88. The largest absolute Gasteiger partial charge is 0.496 e. The monoisotopic (exact) mass is 411 g/mol. The SMILES string of the molecule is COc1ccc(C(=O)NC(=S)NNC(=O)c2cc(C)[nH]n2)cc1Br. The zero-order valence-corrected chi connectivity index (χ0v) is 15.2. The lowest BCUT2D eigenvalue weighted by Crippen LogP contribution is -2.48. The maximum atomic E-state index is 12.1. The van der Waals surface area contributed by atoms with Crippen molar-refractivity contribution >= 4 is 45.1 Å². The highest BCUT2D eigenvalue weighted by Gasteiger charge is 2.12. The summed E-state index contributed by atoms with van der Waals surface area (Å²) in [5, 5.41) is 8.85. The molecule has 0 radical (unpaired) electrons. The number of rotatable bonds is 3. The van der Waals surface area contributed by atoms with E-state index < -0.39 is 11.8 Å². The number of aromatic nitrogens is 2. The van der Waals surface area contributed by atoms with Crippen molar-refractivity contribution in [2.24, 2.45) is 0 Å². The summed E-state index contributed by atoms with van der Waals surface area (Å²) < 4.78 is 5.73. The molecule has 8 nitrogen and oxygen atoms in total. The van der Waals surface area contributed by atoms with Crippen LogP contribution < -0.4 is 20.9 Å². The van der Waals surface area contributed by atoms with Crippen molar-refractivity contribution in [3.05, 3.63) is 45.7 Å². The van der Waals surface area contributed by atoms with E-state index in [1.165, 1.54) is 7.11 Å². The Bertz CT molecular complexity index is 792. The van der Waals surface area contributed by atoms with Crippen molar-refractivity contribution in [1.29, 1.82) is 0 Å². The van der Waals surface area contributed by atoms with Gasteiger partial charge in [0.2, 0.25) is 0 Å². The molecule has 0 aliphatic heterocycles. The number of hydrogen-bond acceptors (Lipinski definition) is 5. The molecule has 0 atom stereocenters. The molecule has 10 heteroatoms. The van der Waals surface area contributed by atoms with E-state index in [2.05, 4.69) is 42.3 Å². The Morgan fingerprint density at radius 1 is 1.25 bits per heavy atom. The lowest BCUT2D eigenvalue weighted by atomic mass is 10.2. The van der Waals surface area contributed by atoms with Crippen LogP contribution in [0.3, 0.4) is 0 Å². The first-order valence-corrected chi connectivity index (χ1v) is 7.88. The van der Waals surface area contributed by atoms with E-state index in [1.807, 2.05) is 0 Å². The zero-order chi connectivity index (χ0) is 17.7. The maximum Gasteiger partial charge on any atom is 0.290 e. The molecule has 24 heavy (non-hydrogen) atoms. The number of carbonyl (C=O) groups excluding carboxylic acids is 2. The third kappa shape index (κ3) is 4.52. The number of nitrogens with zero attached hydrogens (tertiary/aromatic N) is 1. The van der Waals surface area contributed by atoms with Gasteiger partial charge in [0, 0.05) is 11.3 Å². The Morgan fingerprint density at radius 3 is 2.58 bits per heavy atom. The number of H-pyrrole nitrogens is 1. The minimum absolute atomic E-state index is 0.0486. The molecular formula is C14H14BrN5O3S. The smallest absolute Gasteiger partial charge is 0.290 e. The van der Waals surface area contributed by atoms with Gasteiger partial charge in [0.15, 0.2) is 10.8 Å². The number of hydrazine groups is 1. The molecule has 2 amide bonds. The second-order valence-electron chi connectivity index (χ2n) is 4.65. The summed E-state index contributed by atoms with van der Waals surface area (Å²) in [5.74, 6) is -0.308. The highest BCUT2D eigenvalue weighted by Crippen LogP contribution is 2.25. The fraction of sp³-hybridized carbons (Fsp3) is 0.143. The fourth-order valence-corrected chi connectivity index (χ4v) is 2.41. The first-order valence-electron chi connectivity index (χ1n) is 6.68. The average Bonchev–Trinajstić information content (AvgIpc) is 2.99. The van der Waals surface area contributed by atoms with Crippen LogP contribution in [0.25, 0.3) is 0 Å². The van der Waals surface area contributed by atoms with Crippen molar-refractivity contribution in [1.82, 2.24) is 26.4 Å². The van der Waals surface area contributed by atoms with Crippen LogP contribution in [0.5, 0.6) is 5.75 Å². The van der Waals surface area contributed by atoms with Crippen molar-refractivity contribution in [3.8, 4) is 5.75 Å². The van der Waals surface area contributed by atoms with Gasteiger partial charge in [-0.05, 0) is 59.3 Å². The van der Waals surface area contributed by atoms with Gasteiger partial charge in [-0.2, -0.15) is 5.10 Å². The molecule has 0 fully saturated rings. The van der Waals surface area contributed by atoms with E-state index in [0.717, 1.165) is 5.69 Å². The van der Waals surface area contributed by atoms with Gasteiger partial charge in [-0.25, -0.2) is 0 Å². The number of nitrogens with one attached hydrogen (secondary N) is 4. The predicted molar refractivity (Wildman–Crippen MR) is 94.7 cm³/mol. The van der Waals surface area contributed by atoms with Crippen molar-refractivity contribution in [2.45, 2.75) is 6.92 Å². The summed E-state index contributed by atoms with van der Waals surface area (Å²) in [4.78, 5) is 23.9. The Kier molecular flexibility index (Phi) is 5.88. The highest BCUT2D eigenvalue weighted by atomic mass is 79.9. The fourth-order valence-electron chi connectivity index (χ4n) is 1.73. The molecule has 2 aromatic rings. The van der Waals surface area contributed by atoms with Gasteiger partial charge in [-0.1, -0.05) is 0 Å². The number of aryl methyl sites for hydroxylation is 1. The summed E-state index contributed by atoms with van der Waals surface area (Å²) >= 11 is 8.26. The van der Waals surface area contributed by atoms with Crippen LogP contribution in [-0.2, 0) is 0 Å². The van der Waals surface area contributed by atoms with Crippen LogP contribution in [0.15, 0.2) is 28.7 Å². The predicted octanol–water partition coefficient (Wildman–Crippen LogP) is 1.44. The highest BCUT2D eigenvalue weighted by molar-refractivity contribution is 9.10. The van der Waals surface area contributed by atoms with Gasteiger partial charge in [-0.15, -0.1) is 0 Å². The number of amides is 2. The first-order chi connectivity index (χ1) is 11.4. The summed E-state index contributed by atoms with van der Waals surface area (Å²) in [6.45, 7) is 1.77. The molecule has 1 aromatic carbocycles. The number of thiocarbonyl (C=S) groups is 1. The number of carbonyl (C=O) groups is 2. The minimum Gasteiger partial charge on any atom is -0.496 e. The Hall–Kier alpha value is -2.46. The third-order valence-corrected chi connectivity index (χ3v) is 3.69. The summed E-state index contributed by atoms with van der Waals surface area (Å²) in [6, 6.07) is 6.42. The number of aromatic amines is 1. The van der Waals surface area contributed by atoms with Gasteiger partial charge in [0.05, 0.1) is 11.6 Å². The van der Waals surface area contributed by atoms with Gasteiger partial charge in [0.1, 0.15) is 5.75 Å². The molecule has 0 bridgehead atoms. The number of methoxy groups -OCH3 is 1. The number of hydrogen-bond donors (Lipinski definition) is 4. The molecule has 4 N–H and O–H groups in total. The van der Waals surface area contributed by atoms with Crippen LogP contribution >= 0.6 is 28.1 Å². The van der Waals surface area contributed by atoms with Crippen LogP contribution in [0.2, 0.25) is 0 Å². The van der Waals surface area contributed by atoms with Gasteiger partial charge < -0.3 is 4.74 Å². The Balaban J connectivity index is 1.88. The molecule has 1 heterocycles. The lowest BCUT2D eigenvalue weighted by molar-refractivity contribution is 0.0930. The summed E-state index contributed by atoms with van der Waals surface area (Å²) in [6.07, 6.45) is 0. The van der Waals surface area contributed by atoms with Crippen molar-refractivity contribution in [2.75, 3.05) is 7.11 Å². The molecule has 0 unspecified atom stereocenters. The van der Waals surface area contributed by atoms with E-state index in [9.17, 15) is 9.59 Å². The Labute approximate surface area is 151 Å². The number of benzene rings is 1. The van der Waals surface area contributed by atoms with Crippen LogP contribution in [-0.4, -0.2) is 34.2 Å². The first kappa shape index (κ1) is 17.9. The molecule has 0 saturated carbocycles. The van der Waals surface area contributed by atoms with Crippen LogP contribution in [0, 0.1) is 6.92 Å². The van der Waals surface area contributed by atoms with Crippen molar-refractivity contribution in [3.63, 3.8) is 0 Å². The van der Waals surface area contributed by atoms with Crippen molar-refractivity contribution < 1.29 is 14.3 Å². The topological polar surface area (TPSA) is 108 Å². The molecule has 0 aliphatic carbocycles. The lowest BCUT2D eigenvalue weighted by Gasteiger charge is -2.10. The molecule has 126 valence electrons. The van der Waals surface area contributed by atoms with Crippen LogP contribution in [0.4, 0.5) is 0 Å². The zero-order valence-electron chi connectivity index (χ0n) is 12.8. The third-order valence-electron chi connectivity index (χ3n) is 2.87. The molecule has 1 aromatic heterocycles. The molecule has 2 rings (SSSR count). The Morgan fingerprint density at radius 2 is 2.00 bits per heavy atom. The minimum atomic E-state index is -0.483. The van der Waals surface area contributed by atoms with E-state index in [1.54, 1.807) is 31.2 Å². The average molecular weight is 412 g/mol. The van der Waals surface area contributed by atoms with Gasteiger partial charge in [-0.3, -0.25) is 30.9 Å². The number of ether oxygens (including phenoxy) is 1. The molecule has 0 spiro atoms. The molecule has 0 aliphatic rings. The summed E-state index contributed by atoms with van der Waals surface area (Å²) in [5.41, 5.74) is 6.11. The molecular weight excluding hydrogens is 398 g/mol. The van der Waals surface area contributed by atoms with E-state index in [4.69, 9.17) is 17.0 Å². The molecule has 0 saturated heterocycles. The van der Waals surface area contributed by atoms with E-state index in [0.29, 0.717) is 15.8 Å². The normalized spacial score (nSPS) is 9.96. The maximum absolute atomic E-state index is 12.1. The van der Waals surface area contributed by atoms with Gasteiger partial charge >= 0.3 is 0 Å². The quantitative estimate of drug-likeness (QED) is 0.449.